The van der Waals surface area contributed by atoms with Gasteiger partial charge in [-0.3, -0.25) is 14.5 Å². The highest BCUT2D eigenvalue weighted by Gasteiger charge is 2.25. The Morgan fingerprint density at radius 1 is 1.00 bits per heavy atom. The van der Waals surface area contributed by atoms with Crippen LogP contribution in [0.3, 0.4) is 0 Å². The molecule has 6 nitrogen and oxygen atoms in total. The van der Waals surface area contributed by atoms with Gasteiger partial charge in [0.15, 0.2) is 0 Å². The van der Waals surface area contributed by atoms with E-state index in [9.17, 15) is 9.59 Å². The molecule has 0 radical (unpaired) electrons. The molecule has 0 aliphatic carbocycles. The van der Waals surface area contributed by atoms with Crippen LogP contribution in [0.15, 0.2) is 54.6 Å². The molecule has 148 valence electrons. The average molecular weight is 380 g/mol. The van der Waals surface area contributed by atoms with Crippen molar-refractivity contribution in [1.29, 1.82) is 0 Å². The van der Waals surface area contributed by atoms with Crippen molar-refractivity contribution in [2.45, 2.75) is 19.5 Å². The molecule has 2 aromatic rings. The largest absolute Gasteiger partial charge is 0.374 e. The first kappa shape index (κ1) is 19.9. The van der Waals surface area contributed by atoms with E-state index in [0.717, 1.165) is 38.4 Å². The summed E-state index contributed by atoms with van der Waals surface area (Å²) in [6.07, 6.45) is 0. The van der Waals surface area contributed by atoms with E-state index < -0.39 is 0 Å². The summed E-state index contributed by atoms with van der Waals surface area (Å²) >= 11 is 0. The van der Waals surface area contributed by atoms with E-state index >= 15 is 0 Å². The highest BCUT2D eigenvalue weighted by Crippen LogP contribution is 2.14. The number of carbonyl (C=O) groups is 2. The van der Waals surface area contributed by atoms with Gasteiger partial charge >= 0.3 is 0 Å². The SMILES string of the molecule is CNC(=O)c1cccc(N[C@@H](C)C(=O)N2CCN(Cc3ccccc3)CC2)c1. The molecular formula is C22H28N4O2. The molecule has 0 bridgehead atoms. The Morgan fingerprint density at radius 3 is 2.39 bits per heavy atom. The molecule has 28 heavy (non-hydrogen) atoms. The first-order chi connectivity index (χ1) is 13.6. The molecule has 2 amide bonds. The van der Waals surface area contributed by atoms with Gasteiger partial charge in [0.1, 0.15) is 6.04 Å². The molecule has 0 aromatic heterocycles. The predicted molar refractivity (Wildman–Crippen MR) is 111 cm³/mol. The van der Waals surface area contributed by atoms with Gasteiger partial charge in [-0.1, -0.05) is 36.4 Å². The van der Waals surface area contributed by atoms with Crippen molar-refractivity contribution in [2.24, 2.45) is 0 Å². The van der Waals surface area contributed by atoms with Crippen LogP contribution in [0.2, 0.25) is 0 Å². The summed E-state index contributed by atoms with van der Waals surface area (Å²) in [5.41, 5.74) is 2.64. The monoisotopic (exact) mass is 380 g/mol. The Balaban J connectivity index is 1.51. The van der Waals surface area contributed by atoms with Crippen LogP contribution in [-0.4, -0.2) is 60.9 Å². The first-order valence-corrected chi connectivity index (χ1v) is 9.70. The smallest absolute Gasteiger partial charge is 0.251 e. The van der Waals surface area contributed by atoms with Crippen molar-refractivity contribution in [3.05, 3.63) is 65.7 Å². The molecule has 1 saturated heterocycles. The van der Waals surface area contributed by atoms with Crippen LogP contribution in [0.5, 0.6) is 0 Å². The van der Waals surface area contributed by atoms with Crippen LogP contribution in [0.4, 0.5) is 5.69 Å². The Morgan fingerprint density at radius 2 is 1.71 bits per heavy atom. The molecule has 6 heteroatoms. The Bertz CT molecular complexity index is 801. The minimum atomic E-state index is -0.347. The second-order valence-electron chi connectivity index (χ2n) is 7.11. The van der Waals surface area contributed by atoms with E-state index in [1.807, 2.05) is 30.0 Å². The second kappa shape index (κ2) is 9.37. The van der Waals surface area contributed by atoms with Gasteiger partial charge in [0.25, 0.3) is 5.91 Å². The van der Waals surface area contributed by atoms with E-state index in [4.69, 9.17) is 0 Å². The fourth-order valence-corrected chi connectivity index (χ4v) is 3.45. The zero-order chi connectivity index (χ0) is 19.9. The Labute approximate surface area is 166 Å². The third-order valence-electron chi connectivity index (χ3n) is 5.04. The summed E-state index contributed by atoms with van der Waals surface area (Å²) in [5.74, 6) is -0.0538. The number of amides is 2. The molecule has 3 rings (SSSR count). The zero-order valence-electron chi connectivity index (χ0n) is 16.5. The fraction of sp³-hybridized carbons (Fsp3) is 0.364. The van der Waals surface area contributed by atoms with E-state index in [2.05, 4.69) is 39.8 Å². The summed E-state index contributed by atoms with van der Waals surface area (Å²) in [6.45, 7) is 6.00. The topological polar surface area (TPSA) is 64.7 Å². The average Bonchev–Trinajstić information content (AvgIpc) is 2.74. The van der Waals surface area contributed by atoms with Gasteiger partial charge in [-0.25, -0.2) is 0 Å². The number of piperazine rings is 1. The van der Waals surface area contributed by atoms with Crippen LogP contribution in [-0.2, 0) is 11.3 Å². The number of carbonyl (C=O) groups excluding carboxylic acids is 2. The van der Waals surface area contributed by atoms with Crippen LogP contribution in [0.1, 0.15) is 22.8 Å². The van der Waals surface area contributed by atoms with Gasteiger partial charge in [-0.05, 0) is 30.7 Å². The van der Waals surface area contributed by atoms with Crippen LogP contribution < -0.4 is 10.6 Å². The van der Waals surface area contributed by atoms with Gasteiger partial charge in [-0.2, -0.15) is 0 Å². The van der Waals surface area contributed by atoms with E-state index in [-0.39, 0.29) is 17.9 Å². The highest BCUT2D eigenvalue weighted by atomic mass is 16.2. The van der Waals surface area contributed by atoms with Crippen LogP contribution in [0, 0.1) is 0 Å². The lowest BCUT2D eigenvalue weighted by Gasteiger charge is -2.36. The van der Waals surface area contributed by atoms with Gasteiger partial charge < -0.3 is 15.5 Å². The standard InChI is InChI=1S/C22H28N4O2/c1-17(24-20-10-6-9-19(15-20)21(27)23-2)22(28)26-13-11-25(12-14-26)16-18-7-4-3-5-8-18/h3-10,15,17,24H,11-14,16H2,1-2H3,(H,23,27)/t17-/m0/s1. The molecule has 0 unspecified atom stereocenters. The molecular weight excluding hydrogens is 352 g/mol. The van der Waals surface area contributed by atoms with Gasteiger partial charge in [0.2, 0.25) is 5.91 Å². The summed E-state index contributed by atoms with van der Waals surface area (Å²) in [4.78, 5) is 28.9. The quantitative estimate of drug-likeness (QED) is 0.806. The molecule has 0 spiro atoms. The number of benzene rings is 2. The van der Waals surface area contributed by atoms with Crippen molar-refractivity contribution in [3.8, 4) is 0 Å². The maximum atomic E-state index is 12.8. The molecule has 2 N–H and O–H groups in total. The highest BCUT2D eigenvalue weighted by molar-refractivity contribution is 5.95. The van der Waals surface area contributed by atoms with Crippen molar-refractivity contribution in [3.63, 3.8) is 0 Å². The number of rotatable bonds is 6. The molecule has 1 fully saturated rings. The molecule has 1 atom stereocenters. The Hall–Kier alpha value is -2.86. The minimum Gasteiger partial charge on any atom is -0.374 e. The van der Waals surface area contributed by atoms with Crippen molar-refractivity contribution in [2.75, 3.05) is 38.5 Å². The second-order valence-corrected chi connectivity index (χ2v) is 7.11. The third-order valence-corrected chi connectivity index (χ3v) is 5.04. The number of anilines is 1. The summed E-state index contributed by atoms with van der Waals surface area (Å²) in [5, 5.41) is 5.84. The predicted octanol–water partition coefficient (Wildman–Crippen LogP) is 2.19. The maximum Gasteiger partial charge on any atom is 0.251 e. The van der Waals surface area contributed by atoms with Crippen molar-refractivity contribution < 1.29 is 9.59 Å². The van der Waals surface area contributed by atoms with Gasteiger partial charge in [0, 0.05) is 51.0 Å². The minimum absolute atomic E-state index is 0.0877. The van der Waals surface area contributed by atoms with Crippen LogP contribution in [0.25, 0.3) is 0 Å². The zero-order valence-corrected chi connectivity index (χ0v) is 16.5. The van der Waals surface area contributed by atoms with Gasteiger partial charge in [0.05, 0.1) is 0 Å². The van der Waals surface area contributed by atoms with E-state index in [1.165, 1.54) is 5.56 Å². The van der Waals surface area contributed by atoms with Crippen LogP contribution >= 0.6 is 0 Å². The molecule has 1 aliphatic heterocycles. The van der Waals surface area contributed by atoms with Crippen molar-refractivity contribution >= 4 is 17.5 Å². The Kier molecular flexibility index (Phi) is 6.66. The summed E-state index contributed by atoms with van der Waals surface area (Å²) < 4.78 is 0. The molecule has 1 aliphatic rings. The fourth-order valence-electron chi connectivity index (χ4n) is 3.45. The number of hydrogen-bond acceptors (Lipinski definition) is 4. The molecule has 0 saturated carbocycles. The summed E-state index contributed by atoms with van der Waals surface area (Å²) in [7, 11) is 1.60. The lowest BCUT2D eigenvalue weighted by atomic mass is 10.1. The normalized spacial score (nSPS) is 15.7. The first-order valence-electron chi connectivity index (χ1n) is 9.70. The van der Waals surface area contributed by atoms with Crippen molar-refractivity contribution in [1.82, 2.24) is 15.1 Å². The summed E-state index contributed by atoms with van der Waals surface area (Å²) in [6, 6.07) is 17.3. The lowest BCUT2D eigenvalue weighted by Crippen LogP contribution is -2.51. The number of nitrogens with zero attached hydrogens (tertiary/aromatic N) is 2. The van der Waals surface area contributed by atoms with E-state index in [0.29, 0.717) is 5.56 Å². The third kappa shape index (κ3) is 5.10. The van der Waals surface area contributed by atoms with E-state index in [1.54, 1.807) is 19.2 Å². The van der Waals surface area contributed by atoms with Gasteiger partial charge in [-0.15, -0.1) is 0 Å². The molecule has 1 heterocycles. The number of nitrogens with one attached hydrogen (secondary N) is 2. The maximum absolute atomic E-state index is 12.8. The molecule has 2 aromatic carbocycles. The lowest BCUT2D eigenvalue weighted by molar-refractivity contribution is -0.133. The number of hydrogen-bond donors (Lipinski definition) is 2.